The highest BCUT2D eigenvalue weighted by Crippen LogP contribution is 2.35. The smallest absolute Gasteiger partial charge is 0.263 e. The molecule has 0 aliphatic rings. The van der Waals surface area contributed by atoms with Crippen LogP contribution in [-0.4, -0.2) is 14.7 Å². The first-order valence-electron chi connectivity index (χ1n) is 8.73. The van der Waals surface area contributed by atoms with Gasteiger partial charge in [-0.3, -0.25) is 9.36 Å². The highest BCUT2D eigenvalue weighted by molar-refractivity contribution is 7.19. The van der Waals surface area contributed by atoms with E-state index in [2.05, 4.69) is 29.2 Å². The lowest BCUT2D eigenvalue weighted by Gasteiger charge is -2.03. The van der Waals surface area contributed by atoms with Crippen molar-refractivity contribution in [3.63, 3.8) is 0 Å². The van der Waals surface area contributed by atoms with E-state index in [-0.39, 0.29) is 5.56 Å². The molecule has 7 heteroatoms. The fraction of sp³-hybridized carbons (Fsp3) is 0.0952. The van der Waals surface area contributed by atoms with Gasteiger partial charge < -0.3 is 4.52 Å². The van der Waals surface area contributed by atoms with Gasteiger partial charge >= 0.3 is 0 Å². The lowest BCUT2D eigenvalue weighted by atomic mass is 10.1. The van der Waals surface area contributed by atoms with Crippen molar-refractivity contribution in [2.24, 2.45) is 0 Å². The number of benzene rings is 1. The first kappa shape index (κ1) is 17.1. The summed E-state index contributed by atoms with van der Waals surface area (Å²) in [7, 11) is 0. The second-order valence-electron chi connectivity index (χ2n) is 6.47. The summed E-state index contributed by atoms with van der Waals surface area (Å²) in [6.07, 6.45) is 1.58. The summed E-state index contributed by atoms with van der Waals surface area (Å²) in [6, 6.07) is 15.8. The summed E-state index contributed by atoms with van der Waals surface area (Å²) in [4.78, 5) is 20.7. The highest BCUT2D eigenvalue weighted by Gasteiger charge is 2.15. The number of aromatic nitrogens is 3. The van der Waals surface area contributed by atoms with Crippen molar-refractivity contribution in [2.45, 2.75) is 13.5 Å². The van der Waals surface area contributed by atoms with Gasteiger partial charge in [0.1, 0.15) is 10.5 Å². The number of rotatable bonds is 4. The van der Waals surface area contributed by atoms with E-state index in [1.807, 2.05) is 41.8 Å². The molecule has 5 nitrogen and oxygen atoms in total. The first-order chi connectivity index (χ1) is 13.7. The Morgan fingerprint density at radius 1 is 1.14 bits per heavy atom. The minimum Gasteiger partial charge on any atom is -0.356 e. The standard InChI is InChI=1S/C21H15N3O2S2/c1-13-7-8-18(28-13)16-11-27-20-19(16)21(25)24(12-22-20)10-15-9-17(26-23-15)14-5-3-2-4-6-14/h2-9,11-12H,10H2,1H3. The molecule has 0 N–H and O–H groups in total. The summed E-state index contributed by atoms with van der Waals surface area (Å²) in [5.41, 5.74) is 2.54. The van der Waals surface area contributed by atoms with Crippen molar-refractivity contribution >= 4 is 32.9 Å². The Labute approximate surface area is 168 Å². The molecule has 0 bridgehead atoms. The van der Waals surface area contributed by atoms with Crippen LogP contribution in [0.1, 0.15) is 10.6 Å². The molecule has 28 heavy (non-hydrogen) atoms. The molecule has 0 atom stereocenters. The molecule has 0 spiro atoms. The van der Waals surface area contributed by atoms with Gasteiger partial charge in [0.2, 0.25) is 0 Å². The number of hydrogen-bond acceptors (Lipinski definition) is 6. The maximum atomic E-state index is 13.1. The van der Waals surface area contributed by atoms with Crippen molar-refractivity contribution in [3.8, 4) is 21.8 Å². The van der Waals surface area contributed by atoms with Crippen molar-refractivity contribution in [2.75, 3.05) is 0 Å². The molecule has 5 rings (SSSR count). The van der Waals surface area contributed by atoms with E-state index in [1.165, 1.54) is 16.2 Å². The van der Waals surface area contributed by atoms with Crippen LogP contribution in [0.5, 0.6) is 0 Å². The molecule has 0 aliphatic carbocycles. The lowest BCUT2D eigenvalue weighted by Crippen LogP contribution is -2.21. The van der Waals surface area contributed by atoms with Crippen LogP contribution in [0.3, 0.4) is 0 Å². The number of thiophene rings is 2. The Morgan fingerprint density at radius 3 is 2.79 bits per heavy atom. The van der Waals surface area contributed by atoms with Crippen LogP contribution in [-0.2, 0) is 6.54 Å². The van der Waals surface area contributed by atoms with Gasteiger partial charge in [-0.15, -0.1) is 22.7 Å². The van der Waals surface area contributed by atoms with E-state index < -0.39 is 0 Å². The molecular formula is C21H15N3O2S2. The molecule has 0 amide bonds. The lowest BCUT2D eigenvalue weighted by molar-refractivity contribution is 0.420. The van der Waals surface area contributed by atoms with E-state index in [0.29, 0.717) is 23.4 Å². The molecule has 0 aliphatic heterocycles. The van der Waals surface area contributed by atoms with Gasteiger partial charge in [-0.1, -0.05) is 35.5 Å². The van der Waals surface area contributed by atoms with Crippen molar-refractivity contribution < 1.29 is 4.52 Å². The summed E-state index contributed by atoms with van der Waals surface area (Å²) >= 11 is 3.18. The van der Waals surface area contributed by atoms with Gasteiger partial charge in [0.15, 0.2) is 5.76 Å². The first-order valence-corrected chi connectivity index (χ1v) is 10.4. The van der Waals surface area contributed by atoms with E-state index in [9.17, 15) is 4.79 Å². The van der Waals surface area contributed by atoms with Gasteiger partial charge in [0.05, 0.1) is 18.3 Å². The minimum absolute atomic E-state index is 0.0587. The Hall–Kier alpha value is -3.03. The van der Waals surface area contributed by atoms with Crippen LogP contribution in [0.25, 0.3) is 32.0 Å². The zero-order valence-corrected chi connectivity index (χ0v) is 16.6. The molecule has 0 unspecified atom stereocenters. The topological polar surface area (TPSA) is 60.9 Å². The maximum absolute atomic E-state index is 13.1. The number of fused-ring (bicyclic) bond motifs is 1. The predicted octanol–water partition coefficient (Wildman–Crippen LogP) is 5.20. The third-order valence-electron chi connectivity index (χ3n) is 4.52. The van der Waals surface area contributed by atoms with Gasteiger partial charge in [0, 0.05) is 32.3 Å². The molecule has 0 saturated heterocycles. The Morgan fingerprint density at radius 2 is 2.00 bits per heavy atom. The van der Waals surface area contributed by atoms with E-state index in [4.69, 9.17) is 4.52 Å². The number of aryl methyl sites for hydroxylation is 1. The van der Waals surface area contributed by atoms with Crippen molar-refractivity contribution in [1.29, 1.82) is 0 Å². The quantitative estimate of drug-likeness (QED) is 0.412. The Kier molecular flexibility index (Phi) is 4.18. The van der Waals surface area contributed by atoms with Crippen molar-refractivity contribution in [3.05, 3.63) is 81.2 Å². The fourth-order valence-corrected chi connectivity index (χ4v) is 5.00. The zero-order chi connectivity index (χ0) is 19.1. The maximum Gasteiger partial charge on any atom is 0.263 e. The van der Waals surface area contributed by atoms with Crippen LogP contribution >= 0.6 is 22.7 Å². The second-order valence-corrected chi connectivity index (χ2v) is 8.61. The molecule has 0 fully saturated rings. The summed E-state index contributed by atoms with van der Waals surface area (Å²) in [5, 5.41) is 6.80. The SMILES string of the molecule is Cc1ccc(-c2csc3ncn(Cc4cc(-c5ccccc5)on4)c(=O)c23)s1. The van der Waals surface area contributed by atoms with Gasteiger partial charge in [-0.25, -0.2) is 4.98 Å². The van der Waals surface area contributed by atoms with Crippen LogP contribution in [0.4, 0.5) is 0 Å². The van der Waals surface area contributed by atoms with Crippen molar-refractivity contribution in [1.82, 2.24) is 14.7 Å². The molecule has 4 heterocycles. The molecule has 1 aromatic carbocycles. The summed E-state index contributed by atoms with van der Waals surface area (Å²) in [5.74, 6) is 0.683. The zero-order valence-electron chi connectivity index (χ0n) is 15.0. The summed E-state index contributed by atoms with van der Waals surface area (Å²) in [6.45, 7) is 2.38. The normalized spacial score (nSPS) is 11.3. The Balaban J connectivity index is 1.53. The minimum atomic E-state index is -0.0587. The molecule has 5 aromatic rings. The van der Waals surface area contributed by atoms with E-state index >= 15 is 0 Å². The molecular weight excluding hydrogens is 390 g/mol. The molecule has 0 radical (unpaired) electrons. The van der Waals surface area contributed by atoms with Gasteiger partial charge in [-0.2, -0.15) is 0 Å². The average molecular weight is 406 g/mol. The van der Waals surface area contributed by atoms with Gasteiger partial charge in [-0.05, 0) is 19.1 Å². The highest BCUT2D eigenvalue weighted by atomic mass is 32.1. The van der Waals surface area contributed by atoms with E-state index in [1.54, 1.807) is 22.2 Å². The largest absolute Gasteiger partial charge is 0.356 e. The average Bonchev–Trinajstić information content (AvgIpc) is 3.44. The third kappa shape index (κ3) is 2.98. The fourth-order valence-electron chi connectivity index (χ4n) is 3.14. The second kappa shape index (κ2) is 6.85. The third-order valence-corrected chi connectivity index (χ3v) is 6.44. The monoisotopic (exact) mass is 405 g/mol. The predicted molar refractivity (Wildman–Crippen MR) is 113 cm³/mol. The van der Waals surface area contributed by atoms with E-state index in [0.717, 1.165) is 20.8 Å². The number of hydrogen-bond donors (Lipinski definition) is 0. The van der Waals surface area contributed by atoms with Crippen LogP contribution in [0, 0.1) is 6.92 Å². The van der Waals surface area contributed by atoms with Crippen LogP contribution in [0.15, 0.2) is 69.6 Å². The Bertz CT molecular complexity index is 1330. The molecule has 138 valence electrons. The van der Waals surface area contributed by atoms with Crippen LogP contribution in [0.2, 0.25) is 0 Å². The number of nitrogens with zero attached hydrogens (tertiary/aromatic N) is 3. The molecule has 0 saturated carbocycles. The van der Waals surface area contributed by atoms with Crippen LogP contribution < -0.4 is 5.56 Å². The summed E-state index contributed by atoms with van der Waals surface area (Å²) < 4.78 is 7.04. The molecule has 4 aromatic heterocycles. The van der Waals surface area contributed by atoms with Gasteiger partial charge in [0.25, 0.3) is 5.56 Å².